The zero-order valence-corrected chi connectivity index (χ0v) is 7.50. The molecule has 0 unspecified atom stereocenters. The molecular weight excluding hydrogens is 167 g/mol. The van der Waals surface area contributed by atoms with Gasteiger partial charge in [-0.3, -0.25) is 0 Å². The highest BCUT2D eigenvalue weighted by Gasteiger charge is 2.03. The van der Waals surface area contributed by atoms with Gasteiger partial charge in [-0.15, -0.1) is 0 Å². The van der Waals surface area contributed by atoms with E-state index < -0.39 is 0 Å². The lowest BCUT2D eigenvalue weighted by Gasteiger charge is -2.00. The van der Waals surface area contributed by atoms with Crippen LogP contribution in [0.2, 0.25) is 0 Å². The fourth-order valence-corrected chi connectivity index (χ4v) is 1.32. The summed E-state index contributed by atoms with van der Waals surface area (Å²) in [4.78, 5) is 8.09. The van der Waals surface area contributed by atoms with E-state index in [9.17, 15) is 4.39 Å². The Morgan fingerprint density at radius 1 is 1.23 bits per heavy atom. The van der Waals surface area contributed by atoms with E-state index in [4.69, 9.17) is 0 Å². The van der Waals surface area contributed by atoms with Crippen molar-refractivity contribution in [2.24, 2.45) is 0 Å². The molecule has 0 aliphatic rings. The fourth-order valence-electron chi connectivity index (χ4n) is 1.32. The van der Waals surface area contributed by atoms with Gasteiger partial charge in [-0.1, -0.05) is 0 Å². The highest BCUT2D eigenvalue weighted by atomic mass is 19.1. The summed E-state index contributed by atoms with van der Waals surface area (Å²) in [5.41, 5.74) is 1.55. The normalized spacial score (nSPS) is 10.7. The highest BCUT2D eigenvalue weighted by Crippen LogP contribution is 2.16. The van der Waals surface area contributed by atoms with Crippen molar-refractivity contribution in [1.82, 2.24) is 9.97 Å². The third-order valence-electron chi connectivity index (χ3n) is 1.91. The van der Waals surface area contributed by atoms with Crippen molar-refractivity contribution >= 4 is 10.9 Å². The van der Waals surface area contributed by atoms with Crippen LogP contribution in [0.25, 0.3) is 10.9 Å². The molecule has 0 N–H and O–H groups in total. The Kier molecular flexibility index (Phi) is 1.72. The van der Waals surface area contributed by atoms with Crippen LogP contribution in [0.4, 0.5) is 4.39 Å². The number of fused-ring (bicyclic) bond motifs is 1. The Morgan fingerprint density at radius 2 is 2.00 bits per heavy atom. The van der Waals surface area contributed by atoms with Crippen LogP contribution in [-0.2, 0) is 0 Å². The molecule has 0 radical (unpaired) electrons. The van der Waals surface area contributed by atoms with E-state index >= 15 is 0 Å². The number of nitrogens with zero attached hydrogens (tertiary/aromatic N) is 2. The van der Waals surface area contributed by atoms with Crippen LogP contribution in [0, 0.1) is 19.7 Å². The summed E-state index contributed by atoms with van der Waals surface area (Å²) in [6, 6.07) is 3.34. The smallest absolute Gasteiger partial charge is 0.134 e. The third-order valence-corrected chi connectivity index (χ3v) is 1.91. The second-order valence-corrected chi connectivity index (χ2v) is 3.10. The molecule has 2 rings (SSSR count). The first-order valence-corrected chi connectivity index (χ1v) is 4.06. The molecule has 0 spiro atoms. The number of halogens is 1. The summed E-state index contributed by atoms with van der Waals surface area (Å²) in [5.74, 6) is 0.410. The Balaban J connectivity index is 2.86. The lowest BCUT2D eigenvalue weighted by atomic mass is 10.1. The molecule has 0 saturated carbocycles. The Hall–Kier alpha value is -1.51. The number of benzene rings is 1. The molecule has 0 aliphatic carbocycles. The molecule has 66 valence electrons. The Labute approximate surface area is 75.4 Å². The minimum absolute atomic E-state index is 0.255. The van der Waals surface area contributed by atoms with E-state index in [1.807, 2.05) is 13.0 Å². The molecule has 13 heavy (non-hydrogen) atoms. The van der Waals surface area contributed by atoms with E-state index in [-0.39, 0.29) is 5.82 Å². The fraction of sp³-hybridized carbons (Fsp3) is 0.200. The standard InChI is InChI=1S/C10H9FN2/c1-6-3-9(11)8-5-12-7(2)13-10(8)4-6/h3-5H,1-2H3. The summed E-state index contributed by atoms with van der Waals surface area (Å²) in [6.45, 7) is 3.64. The van der Waals surface area contributed by atoms with Gasteiger partial charge in [0.1, 0.15) is 11.6 Å². The zero-order chi connectivity index (χ0) is 9.42. The van der Waals surface area contributed by atoms with Crippen molar-refractivity contribution in [2.75, 3.05) is 0 Å². The summed E-state index contributed by atoms with van der Waals surface area (Å²) >= 11 is 0. The molecule has 0 saturated heterocycles. The predicted octanol–water partition coefficient (Wildman–Crippen LogP) is 2.39. The van der Waals surface area contributed by atoms with Gasteiger partial charge in [0.2, 0.25) is 0 Å². The molecule has 1 aromatic carbocycles. The summed E-state index contributed by atoms with van der Waals surface area (Å²) < 4.78 is 13.3. The van der Waals surface area contributed by atoms with E-state index in [1.54, 1.807) is 6.92 Å². The average molecular weight is 176 g/mol. The van der Waals surface area contributed by atoms with Gasteiger partial charge in [-0.2, -0.15) is 0 Å². The van der Waals surface area contributed by atoms with Gasteiger partial charge in [0.15, 0.2) is 0 Å². The van der Waals surface area contributed by atoms with E-state index in [2.05, 4.69) is 9.97 Å². The van der Waals surface area contributed by atoms with Crippen molar-refractivity contribution in [3.8, 4) is 0 Å². The maximum atomic E-state index is 13.3. The van der Waals surface area contributed by atoms with Gasteiger partial charge in [-0.05, 0) is 31.5 Å². The van der Waals surface area contributed by atoms with Gasteiger partial charge in [0, 0.05) is 6.20 Å². The van der Waals surface area contributed by atoms with E-state index in [1.165, 1.54) is 12.3 Å². The van der Waals surface area contributed by atoms with Crippen molar-refractivity contribution < 1.29 is 4.39 Å². The van der Waals surface area contributed by atoms with Crippen LogP contribution >= 0.6 is 0 Å². The lowest BCUT2D eigenvalue weighted by Crippen LogP contribution is -1.91. The highest BCUT2D eigenvalue weighted by molar-refractivity contribution is 5.78. The van der Waals surface area contributed by atoms with Crippen LogP contribution in [0.15, 0.2) is 18.3 Å². The SMILES string of the molecule is Cc1cc(F)c2cnc(C)nc2c1. The van der Waals surface area contributed by atoms with Gasteiger partial charge in [0.25, 0.3) is 0 Å². The molecule has 2 nitrogen and oxygen atoms in total. The summed E-state index contributed by atoms with van der Waals surface area (Å²) in [5, 5.41) is 0.483. The second kappa shape index (κ2) is 2.76. The third kappa shape index (κ3) is 1.37. The minimum Gasteiger partial charge on any atom is -0.241 e. The van der Waals surface area contributed by atoms with Crippen molar-refractivity contribution in [1.29, 1.82) is 0 Å². The molecular formula is C10H9FN2. The van der Waals surface area contributed by atoms with E-state index in [0.29, 0.717) is 16.7 Å². The molecule has 0 atom stereocenters. The average Bonchev–Trinajstić information content (AvgIpc) is 2.02. The van der Waals surface area contributed by atoms with E-state index in [0.717, 1.165) is 5.56 Å². The first-order valence-electron chi connectivity index (χ1n) is 4.06. The minimum atomic E-state index is -0.255. The van der Waals surface area contributed by atoms with Gasteiger partial charge in [0.05, 0.1) is 10.9 Å². The van der Waals surface area contributed by atoms with Gasteiger partial charge >= 0.3 is 0 Å². The predicted molar refractivity (Wildman–Crippen MR) is 49.0 cm³/mol. The monoisotopic (exact) mass is 176 g/mol. The topological polar surface area (TPSA) is 25.8 Å². The quantitative estimate of drug-likeness (QED) is 0.616. The largest absolute Gasteiger partial charge is 0.241 e. The number of hydrogen-bond donors (Lipinski definition) is 0. The molecule has 0 bridgehead atoms. The van der Waals surface area contributed by atoms with Crippen molar-refractivity contribution in [2.45, 2.75) is 13.8 Å². The number of hydrogen-bond acceptors (Lipinski definition) is 2. The molecule has 1 heterocycles. The number of aryl methyl sites for hydroxylation is 2. The molecule has 3 heteroatoms. The molecule has 2 aromatic rings. The van der Waals surface area contributed by atoms with Gasteiger partial charge in [-0.25, -0.2) is 14.4 Å². The van der Waals surface area contributed by atoms with Crippen LogP contribution in [0.5, 0.6) is 0 Å². The van der Waals surface area contributed by atoms with Gasteiger partial charge < -0.3 is 0 Å². The molecule has 1 aromatic heterocycles. The summed E-state index contributed by atoms with van der Waals surface area (Å²) in [6.07, 6.45) is 1.52. The molecule has 0 amide bonds. The summed E-state index contributed by atoms with van der Waals surface area (Å²) in [7, 11) is 0. The van der Waals surface area contributed by atoms with Crippen molar-refractivity contribution in [3.05, 3.63) is 35.5 Å². The number of rotatable bonds is 0. The maximum absolute atomic E-state index is 13.3. The van der Waals surface area contributed by atoms with Crippen LogP contribution in [0.1, 0.15) is 11.4 Å². The first-order chi connectivity index (χ1) is 6.16. The van der Waals surface area contributed by atoms with Crippen LogP contribution in [0.3, 0.4) is 0 Å². The van der Waals surface area contributed by atoms with Crippen LogP contribution < -0.4 is 0 Å². The number of aromatic nitrogens is 2. The lowest BCUT2D eigenvalue weighted by molar-refractivity contribution is 0.638. The Morgan fingerprint density at radius 3 is 2.77 bits per heavy atom. The van der Waals surface area contributed by atoms with Crippen molar-refractivity contribution in [3.63, 3.8) is 0 Å². The zero-order valence-electron chi connectivity index (χ0n) is 7.50. The van der Waals surface area contributed by atoms with Crippen LogP contribution in [-0.4, -0.2) is 9.97 Å². The molecule has 0 aliphatic heterocycles. The maximum Gasteiger partial charge on any atom is 0.134 e. The first kappa shape index (κ1) is 8.10. The molecule has 0 fully saturated rings. The second-order valence-electron chi connectivity index (χ2n) is 3.10. The Bertz CT molecular complexity index is 460.